The van der Waals surface area contributed by atoms with Crippen molar-refractivity contribution >= 4 is 32.6 Å². The number of fused-ring (bicyclic) bond motifs is 1. The van der Waals surface area contributed by atoms with Crippen molar-refractivity contribution in [1.82, 2.24) is 9.88 Å². The molecule has 0 N–H and O–H groups in total. The van der Waals surface area contributed by atoms with Crippen LogP contribution >= 0.6 is 11.3 Å². The zero-order valence-electron chi connectivity index (χ0n) is 15.1. The molecule has 0 unspecified atom stereocenters. The van der Waals surface area contributed by atoms with Crippen LogP contribution in [0.4, 0.5) is 5.13 Å². The van der Waals surface area contributed by atoms with Gasteiger partial charge in [-0.05, 0) is 57.3 Å². The SMILES string of the molecule is Cc1ccc2sc(N(CCN(C)C)C(=O)c3ccccc3)nc2c1C. The number of nitrogens with zero attached hydrogens (tertiary/aromatic N) is 3. The molecule has 2 aromatic carbocycles. The minimum Gasteiger partial charge on any atom is -0.308 e. The van der Waals surface area contributed by atoms with Gasteiger partial charge in [-0.25, -0.2) is 4.98 Å². The molecule has 25 heavy (non-hydrogen) atoms. The highest BCUT2D eigenvalue weighted by Crippen LogP contribution is 2.32. The molecule has 0 fully saturated rings. The molecular formula is C20H23N3OS. The number of thiazole rings is 1. The summed E-state index contributed by atoms with van der Waals surface area (Å²) in [5.41, 5.74) is 4.09. The maximum atomic E-state index is 13.1. The van der Waals surface area contributed by atoms with E-state index in [1.54, 1.807) is 16.2 Å². The summed E-state index contributed by atoms with van der Waals surface area (Å²) in [6, 6.07) is 13.6. The minimum atomic E-state index is -0.00381. The molecule has 130 valence electrons. The number of carbonyl (C=O) groups excluding carboxylic acids is 1. The lowest BCUT2D eigenvalue weighted by Crippen LogP contribution is -2.36. The molecule has 1 amide bonds. The number of likely N-dealkylation sites (N-methyl/N-ethyl adjacent to an activating group) is 1. The summed E-state index contributed by atoms with van der Waals surface area (Å²) >= 11 is 1.58. The molecule has 1 aromatic heterocycles. The minimum absolute atomic E-state index is 0.00381. The Morgan fingerprint density at radius 1 is 1.04 bits per heavy atom. The van der Waals surface area contributed by atoms with Crippen molar-refractivity contribution in [2.75, 3.05) is 32.1 Å². The Bertz CT molecular complexity index is 887. The first-order valence-electron chi connectivity index (χ1n) is 8.36. The van der Waals surface area contributed by atoms with Crippen LogP contribution in [0.5, 0.6) is 0 Å². The summed E-state index contributed by atoms with van der Waals surface area (Å²) in [6.07, 6.45) is 0. The molecule has 5 heteroatoms. The largest absolute Gasteiger partial charge is 0.308 e. The third-order valence-electron chi connectivity index (χ3n) is 4.34. The molecule has 0 aliphatic carbocycles. The third-order valence-corrected chi connectivity index (χ3v) is 5.38. The van der Waals surface area contributed by atoms with Gasteiger partial charge in [0.25, 0.3) is 5.91 Å². The number of anilines is 1. The van der Waals surface area contributed by atoms with Gasteiger partial charge in [0.2, 0.25) is 0 Å². The molecule has 1 heterocycles. The molecule has 0 atom stereocenters. The average Bonchev–Trinajstić information content (AvgIpc) is 3.03. The summed E-state index contributed by atoms with van der Waals surface area (Å²) in [5, 5.41) is 0.763. The van der Waals surface area contributed by atoms with Crippen LogP contribution in [0.3, 0.4) is 0 Å². The van der Waals surface area contributed by atoms with E-state index in [4.69, 9.17) is 4.98 Å². The first-order chi connectivity index (χ1) is 12.0. The van der Waals surface area contributed by atoms with E-state index in [-0.39, 0.29) is 5.91 Å². The summed E-state index contributed by atoms with van der Waals surface area (Å²) < 4.78 is 1.12. The van der Waals surface area contributed by atoms with Gasteiger partial charge in [-0.3, -0.25) is 9.69 Å². The predicted octanol–water partition coefficient (Wildman–Crippen LogP) is 4.12. The van der Waals surface area contributed by atoms with Crippen LogP contribution in [0.2, 0.25) is 0 Å². The van der Waals surface area contributed by atoms with Crippen LogP contribution in [0.1, 0.15) is 21.5 Å². The fourth-order valence-electron chi connectivity index (χ4n) is 2.65. The van der Waals surface area contributed by atoms with Crippen molar-refractivity contribution in [3.05, 3.63) is 59.2 Å². The molecule has 0 bridgehead atoms. The number of hydrogen-bond donors (Lipinski definition) is 0. The number of aryl methyl sites for hydroxylation is 2. The lowest BCUT2D eigenvalue weighted by atomic mass is 10.1. The van der Waals surface area contributed by atoms with E-state index >= 15 is 0 Å². The molecule has 0 spiro atoms. The van der Waals surface area contributed by atoms with E-state index in [2.05, 4.69) is 30.9 Å². The van der Waals surface area contributed by atoms with Crippen molar-refractivity contribution in [3.63, 3.8) is 0 Å². The Morgan fingerprint density at radius 3 is 2.44 bits per heavy atom. The van der Waals surface area contributed by atoms with E-state index in [1.807, 2.05) is 44.4 Å². The van der Waals surface area contributed by atoms with E-state index in [0.29, 0.717) is 12.1 Å². The Kier molecular flexibility index (Phi) is 5.16. The van der Waals surface area contributed by atoms with Gasteiger partial charge in [0, 0.05) is 18.7 Å². The van der Waals surface area contributed by atoms with Crippen LogP contribution in [0.15, 0.2) is 42.5 Å². The average molecular weight is 353 g/mol. The van der Waals surface area contributed by atoms with Gasteiger partial charge >= 0.3 is 0 Å². The standard InChI is InChI=1S/C20H23N3OS/c1-14-10-11-17-18(15(14)2)21-20(25-17)23(13-12-22(3)4)19(24)16-8-6-5-7-9-16/h5-11H,12-13H2,1-4H3. The van der Waals surface area contributed by atoms with Crippen molar-refractivity contribution in [2.45, 2.75) is 13.8 Å². The van der Waals surface area contributed by atoms with Gasteiger partial charge in [0.05, 0.1) is 10.2 Å². The zero-order valence-corrected chi connectivity index (χ0v) is 15.9. The molecule has 0 aliphatic heterocycles. The van der Waals surface area contributed by atoms with Crippen molar-refractivity contribution in [2.24, 2.45) is 0 Å². The van der Waals surface area contributed by atoms with Crippen molar-refractivity contribution < 1.29 is 4.79 Å². The fourth-order valence-corrected chi connectivity index (χ4v) is 3.70. The second-order valence-electron chi connectivity index (χ2n) is 6.48. The fraction of sp³-hybridized carbons (Fsp3) is 0.300. The Hall–Kier alpha value is -2.24. The zero-order chi connectivity index (χ0) is 18.0. The second kappa shape index (κ2) is 7.33. The quantitative estimate of drug-likeness (QED) is 0.692. The van der Waals surface area contributed by atoms with Gasteiger partial charge in [0.15, 0.2) is 5.13 Å². The summed E-state index contributed by atoms with van der Waals surface area (Å²) in [7, 11) is 4.02. The molecule has 3 aromatic rings. The second-order valence-corrected chi connectivity index (χ2v) is 7.49. The normalized spacial score (nSPS) is 11.2. The molecule has 0 saturated carbocycles. The Balaban J connectivity index is 2.02. The number of rotatable bonds is 5. The molecule has 4 nitrogen and oxygen atoms in total. The number of carbonyl (C=O) groups is 1. The summed E-state index contributed by atoms with van der Waals surface area (Å²) in [4.78, 5) is 21.7. The van der Waals surface area contributed by atoms with E-state index in [1.165, 1.54) is 11.1 Å². The monoisotopic (exact) mass is 353 g/mol. The van der Waals surface area contributed by atoms with Crippen molar-refractivity contribution in [1.29, 1.82) is 0 Å². The highest BCUT2D eigenvalue weighted by molar-refractivity contribution is 7.22. The molecule has 0 aliphatic rings. The van der Waals surface area contributed by atoms with E-state index < -0.39 is 0 Å². The van der Waals surface area contributed by atoms with E-state index in [0.717, 1.165) is 21.9 Å². The predicted molar refractivity (Wildman–Crippen MR) is 106 cm³/mol. The smallest absolute Gasteiger partial charge is 0.260 e. The molecule has 0 saturated heterocycles. The lowest BCUT2D eigenvalue weighted by molar-refractivity contribution is 0.0985. The van der Waals surface area contributed by atoms with Crippen LogP contribution in [-0.4, -0.2) is 43.0 Å². The molecule has 3 rings (SSSR count). The van der Waals surface area contributed by atoms with Crippen molar-refractivity contribution in [3.8, 4) is 0 Å². The van der Waals surface area contributed by atoms with Gasteiger partial charge in [-0.1, -0.05) is 35.6 Å². The maximum absolute atomic E-state index is 13.1. The van der Waals surface area contributed by atoms with Gasteiger partial charge in [-0.2, -0.15) is 0 Å². The topological polar surface area (TPSA) is 36.4 Å². The Labute approximate surface area is 152 Å². The van der Waals surface area contributed by atoms with Crippen LogP contribution in [0.25, 0.3) is 10.2 Å². The molecular weight excluding hydrogens is 330 g/mol. The number of benzene rings is 2. The first-order valence-corrected chi connectivity index (χ1v) is 9.17. The van der Waals surface area contributed by atoms with Gasteiger partial charge < -0.3 is 4.90 Å². The van der Waals surface area contributed by atoms with Gasteiger partial charge in [-0.15, -0.1) is 0 Å². The van der Waals surface area contributed by atoms with Crippen LogP contribution < -0.4 is 4.90 Å². The summed E-state index contributed by atoms with van der Waals surface area (Å²) in [5.74, 6) is -0.00381. The first kappa shape index (κ1) is 17.6. The van der Waals surface area contributed by atoms with Crippen LogP contribution in [0, 0.1) is 13.8 Å². The highest BCUT2D eigenvalue weighted by atomic mass is 32.1. The third kappa shape index (κ3) is 3.72. The van der Waals surface area contributed by atoms with Crippen LogP contribution in [-0.2, 0) is 0 Å². The number of hydrogen-bond acceptors (Lipinski definition) is 4. The van der Waals surface area contributed by atoms with Gasteiger partial charge in [0.1, 0.15) is 0 Å². The molecule has 0 radical (unpaired) electrons. The highest BCUT2D eigenvalue weighted by Gasteiger charge is 2.21. The number of amides is 1. The maximum Gasteiger partial charge on any atom is 0.260 e. The lowest BCUT2D eigenvalue weighted by Gasteiger charge is -2.22. The number of aromatic nitrogens is 1. The summed E-state index contributed by atoms with van der Waals surface area (Å²) in [6.45, 7) is 5.57. The van der Waals surface area contributed by atoms with E-state index in [9.17, 15) is 4.79 Å². The Morgan fingerprint density at radius 2 is 1.76 bits per heavy atom.